The number of aryl methyl sites for hydroxylation is 1. The van der Waals surface area contributed by atoms with Gasteiger partial charge in [0.2, 0.25) is 5.91 Å². The van der Waals surface area contributed by atoms with Gasteiger partial charge in [-0.1, -0.05) is 18.2 Å². The summed E-state index contributed by atoms with van der Waals surface area (Å²) in [5.74, 6) is 0.0994. The smallest absolute Gasteiger partial charge is 0.251 e. The average Bonchev–Trinajstić information content (AvgIpc) is 3.17. The molecule has 0 bridgehead atoms. The highest BCUT2D eigenvalue weighted by molar-refractivity contribution is 5.95. The topological polar surface area (TPSA) is 61.9 Å². The molecule has 1 N–H and O–H groups in total. The first-order valence-corrected chi connectivity index (χ1v) is 9.07. The van der Waals surface area contributed by atoms with E-state index in [-0.39, 0.29) is 24.0 Å². The Kier molecular flexibility index (Phi) is 5.71. The van der Waals surface area contributed by atoms with Crippen molar-refractivity contribution < 1.29 is 14.3 Å². The van der Waals surface area contributed by atoms with E-state index in [1.54, 1.807) is 0 Å². The standard InChI is InChI=1S/C19H27N3O3/c1-14-6-3-4-7-16(14)20-18(23)15(2)21-9-11-22(12-10-21)19(24)17-8-5-13-25-17/h3-4,6-7,15,17H,5,8-13H2,1-2H3,(H,20,23)/t15-,17-/m1/s1. The van der Waals surface area contributed by atoms with Crippen LogP contribution in [0.25, 0.3) is 0 Å². The minimum absolute atomic E-state index is 0.00629. The quantitative estimate of drug-likeness (QED) is 0.901. The summed E-state index contributed by atoms with van der Waals surface area (Å²) in [7, 11) is 0. The van der Waals surface area contributed by atoms with E-state index in [0.717, 1.165) is 24.1 Å². The van der Waals surface area contributed by atoms with Crippen molar-refractivity contribution in [3.8, 4) is 0 Å². The molecule has 0 spiro atoms. The fraction of sp³-hybridized carbons (Fsp3) is 0.579. The summed E-state index contributed by atoms with van der Waals surface area (Å²) < 4.78 is 5.49. The molecule has 2 atom stereocenters. The average molecular weight is 345 g/mol. The Balaban J connectivity index is 1.50. The number of benzene rings is 1. The molecule has 0 radical (unpaired) electrons. The van der Waals surface area contributed by atoms with Gasteiger partial charge in [-0.3, -0.25) is 14.5 Å². The maximum absolute atomic E-state index is 12.5. The zero-order valence-corrected chi connectivity index (χ0v) is 15.0. The number of anilines is 1. The lowest BCUT2D eigenvalue weighted by molar-refractivity contribution is -0.143. The van der Waals surface area contributed by atoms with Crippen molar-refractivity contribution >= 4 is 17.5 Å². The van der Waals surface area contributed by atoms with Gasteiger partial charge in [0.15, 0.2) is 0 Å². The number of nitrogens with zero attached hydrogens (tertiary/aromatic N) is 2. The van der Waals surface area contributed by atoms with Gasteiger partial charge in [-0.05, 0) is 38.3 Å². The van der Waals surface area contributed by atoms with E-state index in [1.165, 1.54) is 0 Å². The molecule has 136 valence electrons. The Bertz CT molecular complexity index is 620. The van der Waals surface area contributed by atoms with E-state index in [9.17, 15) is 9.59 Å². The van der Waals surface area contributed by atoms with Gasteiger partial charge in [0, 0.05) is 38.5 Å². The third-order valence-corrected chi connectivity index (χ3v) is 5.16. The van der Waals surface area contributed by atoms with Crippen LogP contribution in [0.4, 0.5) is 5.69 Å². The number of piperazine rings is 1. The molecular weight excluding hydrogens is 318 g/mol. The molecule has 2 heterocycles. The number of ether oxygens (including phenoxy) is 1. The number of para-hydroxylation sites is 1. The van der Waals surface area contributed by atoms with E-state index < -0.39 is 0 Å². The van der Waals surface area contributed by atoms with Gasteiger partial charge in [-0.15, -0.1) is 0 Å². The van der Waals surface area contributed by atoms with E-state index in [2.05, 4.69) is 10.2 Å². The third-order valence-electron chi connectivity index (χ3n) is 5.16. The molecule has 25 heavy (non-hydrogen) atoms. The first-order chi connectivity index (χ1) is 12.1. The summed E-state index contributed by atoms with van der Waals surface area (Å²) in [5.41, 5.74) is 1.90. The molecule has 0 unspecified atom stereocenters. The van der Waals surface area contributed by atoms with Crippen LogP contribution < -0.4 is 5.32 Å². The summed E-state index contributed by atoms with van der Waals surface area (Å²) in [6, 6.07) is 7.55. The second kappa shape index (κ2) is 7.97. The Hall–Kier alpha value is -1.92. The first kappa shape index (κ1) is 17.9. The van der Waals surface area contributed by atoms with Crippen LogP contribution in [-0.4, -0.2) is 66.5 Å². The molecule has 0 aliphatic carbocycles. The van der Waals surface area contributed by atoms with Crippen LogP contribution in [0.2, 0.25) is 0 Å². The number of amides is 2. The monoisotopic (exact) mass is 345 g/mol. The van der Waals surface area contributed by atoms with Crippen LogP contribution in [0.1, 0.15) is 25.3 Å². The van der Waals surface area contributed by atoms with Crippen molar-refractivity contribution in [1.29, 1.82) is 0 Å². The van der Waals surface area contributed by atoms with Gasteiger partial charge in [0.25, 0.3) is 5.91 Å². The third kappa shape index (κ3) is 4.19. The van der Waals surface area contributed by atoms with Crippen molar-refractivity contribution in [2.75, 3.05) is 38.1 Å². The molecular formula is C19H27N3O3. The molecule has 2 saturated heterocycles. The summed E-state index contributed by atoms with van der Waals surface area (Å²) in [4.78, 5) is 28.9. The van der Waals surface area contributed by atoms with Gasteiger partial charge in [0.05, 0.1) is 6.04 Å². The Morgan fingerprint density at radius 1 is 1.20 bits per heavy atom. The molecule has 1 aromatic rings. The minimum atomic E-state index is -0.256. The van der Waals surface area contributed by atoms with E-state index in [0.29, 0.717) is 32.8 Å². The lowest BCUT2D eigenvalue weighted by Gasteiger charge is -2.38. The normalized spacial score (nSPS) is 22.6. The van der Waals surface area contributed by atoms with Crippen molar-refractivity contribution in [3.63, 3.8) is 0 Å². The van der Waals surface area contributed by atoms with Crippen LogP contribution in [0.3, 0.4) is 0 Å². The highest BCUT2D eigenvalue weighted by atomic mass is 16.5. The molecule has 2 aliphatic heterocycles. The fourth-order valence-electron chi connectivity index (χ4n) is 3.42. The van der Waals surface area contributed by atoms with Gasteiger partial charge in [-0.25, -0.2) is 0 Å². The highest BCUT2D eigenvalue weighted by Gasteiger charge is 2.32. The van der Waals surface area contributed by atoms with Gasteiger partial charge in [-0.2, -0.15) is 0 Å². The van der Waals surface area contributed by atoms with Gasteiger partial charge in [0.1, 0.15) is 6.10 Å². The summed E-state index contributed by atoms with van der Waals surface area (Å²) in [6.07, 6.45) is 1.54. The highest BCUT2D eigenvalue weighted by Crippen LogP contribution is 2.18. The largest absolute Gasteiger partial charge is 0.368 e. The molecule has 6 heteroatoms. The van der Waals surface area contributed by atoms with E-state index >= 15 is 0 Å². The zero-order chi connectivity index (χ0) is 17.8. The molecule has 2 fully saturated rings. The number of hydrogen-bond donors (Lipinski definition) is 1. The Morgan fingerprint density at radius 2 is 1.92 bits per heavy atom. The molecule has 0 aromatic heterocycles. The van der Waals surface area contributed by atoms with Crippen LogP contribution >= 0.6 is 0 Å². The van der Waals surface area contributed by atoms with Crippen LogP contribution in [0.5, 0.6) is 0 Å². The van der Waals surface area contributed by atoms with Gasteiger partial charge < -0.3 is 15.0 Å². The molecule has 2 amide bonds. The number of hydrogen-bond acceptors (Lipinski definition) is 4. The molecule has 6 nitrogen and oxygen atoms in total. The maximum atomic E-state index is 12.5. The van der Waals surface area contributed by atoms with Crippen LogP contribution in [-0.2, 0) is 14.3 Å². The predicted octanol–water partition coefficient (Wildman–Crippen LogP) is 1.65. The number of nitrogens with one attached hydrogen (secondary N) is 1. The van der Waals surface area contributed by atoms with Crippen molar-refractivity contribution in [2.45, 2.75) is 38.8 Å². The SMILES string of the molecule is Cc1ccccc1NC(=O)[C@@H](C)N1CCN(C(=O)[C@H]2CCCO2)CC1. The lowest BCUT2D eigenvalue weighted by atomic mass is 10.1. The lowest BCUT2D eigenvalue weighted by Crippen LogP contribution is -2.55. The summed E-state index contributed by atoms with van der Waals surface area (Å²) in [5, 5.41) is 3.00. The minimum Gasteiger partial charge on any atom is -0.368 e. The predicted molar refractivity (Wildman–Crippen MR) is 96.4 cm³/mol. The second-order valence-electron chi connectivity index (χ2n) is 6.84. The zero-order valence-electron chi connectivity index (χ0n) is 15.0. The second-order valence-corrected chi connectivity index (χ2v) is 6.84. The molecule has 0 saturated carbocycles. The first-order valence-electron chi connectivity index (χ1n) is 9.07. The number of carbonyl (C=O) groups excluding carboxylic acids is 2. The molecule has 1 aromatic carbocycles. The van der Waals surface area contributed by atoms with Gasteiger partial charge >= 0.3 is 0 Å². The van der Waals surface area contributed by atoms with Crippen LogP contribution in [0, 0.1) is 6.92 Å². The van der Waals surface area contributed by atoms with Crippen molar-refractivity contribution in [1.82, 2.24) is 9.80 Å². The number of carbonyl (C=O) groups is 2. The van der Waals surface area contributed by atoms with E-state index in [4.69, 9.17) is 4.74 Å². The Morgan fingerprint density at radius 3 is 2.56 bits per heavy atom. The number of rotatable bonds is 4. The fourth-order valence-corrected chi connectivity index (χ4v) is 3.42. The van der Waals surface area contributed by atoms with Crippen molar-refractivity contribution in [3.05, 3.63) is 29.8 Å². The molecule has 3 rings (SSSR count). The summed E-state index contributed by atoms with van der Waals surface area (Å²) >= 11 is 0. The Labute approximate surface area is 149 Å². The van der Waals surface area contributed by atoms with Crippen molar-refractivity contribution in [2.24, 2.45) is 0 Å². The molecule has 2 aliphatic rings. The summed E-state index contributed by atoms with van der Waals surface area (Å²) in [6.45, 7) is 7.32. The van der Waals surface area contributed by atoms with E-state index in [1.807, 2.05) is 43.0 Å². The maximum Gasteiger partial charge on any atom is 0.251 e. The van der Waals surface area contributed by atoms with Crippen LogP contribution in [0.15, 0.2) is 24.3 Å².